The van der Waals surface area contributed by atoms with Crippen LogP contribution in [0.5, 0.6) is 0 Å². The normalized spacial score (nSPS) is 17.6. The number of hydrogen-bond donors (Lipinski definition) is 0. The standard InChI is InChI=1S/C21H25BN2O/c1-13(2)12-22-10-11-24(16(22)5)19-14(3)6-8-17-18-9-7-15(4)23-21(18)25-20(17)19/h6-11,13,16H,12H2,1-5H3/t16-/m0/s1. The van der Waals surface area contributed by atoms with E-state index in [0.717, 1.165) is 27.8 Å². The SMILES string of the molecule is Cc1ccc2c(n1)oc1c(N3C=CB(CC(C)C)[C@@H]3C)c(C)ccc12. The fraction of sp³-hybridized carbons (Fsp3) is 0.381. The van der Waals surface area contributed by atoms with E-state index in [0.29, 0.717) is 18.6 Å². The van der Waals surface area contributed by atoms with Crippen molar-refractivity contribution in [1.82, 2.24) is 4.98 Å². The van der Waals surface area contributed by atoms with Crippen LogP contribution >= 0.6 is 0 Å². The summed E-state index contributed by atoms with van der Waals surface area (Å²) in [7, 11) is 0. The third-order valence-corrected chi connectivity index (χ3v) is 5.38. The maximum Gasteiger partial charge on any atom is 0.227 e. The molecule has 0 aliphatic carbocycles. The molecule has 0 radical (unpaired) electrons. The second-order valence-electron chi connectivity index (χ2n) is 7.80. The lowest BCUT2D eigenvalue weighted by Crippen LogP contribution is -2.36. The molecule has 0 fully saturated rings. The van der Waals surface area contributed by atoms with Crippen LogP contribution in [0.25, 0.3) is 22.1 Å². The number of rotatable bonds is 3. The Kier molecular flexibility index (Phi) is 3.86. The Morgan fingerprint density at radius 2 is 1.92 bits per heavy atom. The van der Waals surface area contributed by atoms with Crippen molar-refractivity contribution in [3.63, 3.8) is 0 Å². The van der Waals surface area contributed by atoms with E-state index >= 15 is 0 Å². The number of aryl methyl sites for hydroxylation is 2. The molecule has 4 rings (SSSR count). The zero-order valence-electron chi connectivity index (χ0n) is 15.7. The molecule has 0 unspecified atom stereocenters. The minimum atomic E-state index is 0.439. The Bertz CT molecular complexity index is 973. The third-order valence-electron chi connectivity index (χ3n) is 5.38. The molecule has 2 aromatic heterocycles. The molecule has 0 N–H and O–H groups in total. The van der Waals surface area contributed by atoms with Crippen molar-refractivity contribution in [2.24, 2.45) is 5.92 Å². The molecule has 1 aromatic carbocycles. The van der Waals surface area contributed by atoms with Crippen LogP contribution in [0.2, 0.25) is 6.32 Å². The van der Waals surface area contributed by atoms with Gasteiger partial charge in [0.1, 0.15) is 0 Å². The third kappa shape index (κ3) is 2.64. The van der Waals surface area contributed by atoms with E-state index in [1.165, 1.54) is 17.6 Å². The van der Waals surface area contributed by atoms with Crippen LogP contribution in [0, 0.1) is 19.8 Å². The van der Waals surface area contributed by atoms with E-state index in [1.54, 1.807) is 0 Å². The first-order valence-electron chi connectivity index (χ1n) is 9.22. The van der Waals surface area contributed by atoms with Gasteiger partial charge in [-0.25, -0.2) is 4.98 Å². The van der Waals surface area contributed by atoms with Crippen molar-refractivity contribution < 1.29 is 4.42 Å². The summed E-state index contributed by atoms with van der Waals surface area (Å²) in [6.45, 7) is 11.7. The molecule has 3 heterocycles. The van der Waals surface area contributed by atoms with Crippen molar-refractivity contribution in [3.05, 3.63) is 47.7 Å². The molecule has 4 heteroatoms. The molecular weight excluding hydrogens is 307 g/mol. The summed E-state index contributed by atoms with van der Waals surface area (Å²) in [5.74, 6) is 3.50. The molecule has 0 saturated heterocycles. The van der Waals surface area contributed by atoms with Gasteiger partial charge < -0.3 is 9.32 Å². The number of aromatic nitrogens is 1. The summed E-state index contributed by atoms with van der Waals surface area (Å²) >= 11 is 0. The Balaban J connectivity index is 1.86. The van der Waals surface area contributed by atoms with E-state index in [4.69, 9.17) is 4.42 Å². The predicted molar refractivity (Wildman–Crippen MR) is 107 cm³/mol. The first-order valence-corrected chi connectivity index (χ1v) is 9.22. The van der Waals surface area contributed by atoms with Crippen molar-refractivity contribution in [2.45, 2.75) is 46.9 Å². The van der Waals surface area contributed by atoms with E-state index < -0.39 is 0 Å². The maximum absolute atomic E-state index is 6.24. The quantitative estimate of drug-likeness (QED) is 0.589. The Labute approximate surface area is 149 Å². The Morgan fingerprint density at radius 1 is 1.16 bits per heavy atom. The smallest absolute Gasteiger partial charge is 0.227 e. The summed E-state index contributed by atoms with van der Waals surface area (Å²) in [4.78, 5) is 6.97. The number of hydrogen-bond acceptors (Lipinski definition) is 3. The Morgan fingerprint density at radius 3 is 2.68 bits per heavy atom. The molecule has 1 aliphatic heterocycles. The van der Waals surface area contributed by atoms with Crippen molar-refractivity contribution in [1.29, 1.82) is 0 Å². The van der Waals surface area contributed by atoms with Gasteiger partial charge in [-0.15, -0.1) is 0 Å². The van der Waals surface area contributed by atoms with Gasteiger partial charge in [-0.05, 0) is 37.7 Å². The van der Waals surface area contributed by atoms with Gasteiger partial charge in [0, 0.05) is 22.4 Å². The highest BCUT2D eigenvalue weighted by atomic mass is 16.3. The number of benzene rings is 1. The minimum absolute atomic E-state index is 0.439. The minimum Gasteiger partial charge on any atom is -0.435 e. The summed E-state index contributed by atoms with van der Waals surface area (Å²) in [5, 5.41) is 2.24. The fourth-order valence-electron chi connectivity index (χ4n) is 4.02. The first-order chi connectivity index (χ1) is 12.0. The van der Waals surface area contributed by atoms with Crippen LogP contribution in [0.4, 0.5) is 5.69 Å². The average Bonchev–Trinajstić information content (AvgIpc) is 3.08. The average molecular weight is 332 g/mol. The summed E-state index contributed by atoms with van der Waals surface area (Å²) in [6, 6.07) is 8.52. The van der Waals surface area contributed by atoms with Gasteiger partial charge >= 0.3 is 0 Å². The highest BCUT2D eigenvalue weighted by molar-refractivity contribution is 6.67. The Hall–Kier alpha value is -2.23. The maximum atomic E-state index is 6.24. The zero-order chi connectivity index (χ0) is 17.7. The fourth-order valence-corrected chi connectivity index (χ4v) is 4.02. The molecule has 128 valence electrons. The van der Waals surface area contributed by atoms with Crippen LogP contribution in [0.15, 0.2) is 40.9 Å². The van der Waals surface area contributed by atoms with E-state index in [2.05, 4.69) is 68.0 Å². The lowest BCUT2D eigenvalue weighted by atomic mass is 9.42. The molecule has 0 bridgehead atoms. The monoisotopic (exact) mass is 332 g/mol. The molecule has 3 nitrogen and oxygen atoms in total. The zero-order valence-corrected chi connectivity index (χ0v) is 15.7. The van der Waals surface area contributed by atoms with Crippen molar-refractivity contribution >= 4 is 34.5 Å². The molecule has 0 spiro atoms. The topological polar surface area (TPSA) is 29.3 Å². The van der Waals surface area contributed by atoms with Crippen LogP contribution in [-0.4, -0.2) is 17.6 Å². The summed E-state index contributed by atoms with van der Waals surface area (Å²) < 4.78 is 6.24. The van der Waals surface area contributed by atoms with E-state index in [1.807, 2.05) is 13.0 Å². The summed E-state index contributed by atoms with van der Waals surface area (Å²) in [6.07, 6.45) is 3.45. The molecule has 1 aliphatic rings. The lowest BCUT2D eigenvalue weighted by molar-refractivity contribution is 0.650. The summed E-state index contributed by atoms with van der Waals surface area (Å²) in [5.41, 5.74) is 5.09. The van der Waals surface area contributed by atoms with Gasteiger partial charge in [-0.3, -0.25) is 0 Å². The van der Waals surface area contributed by atoms with Gasteiger partial charge in [-0.2, -0.15) is 0 Å². The molecular formula is C21H25BN2O. The van der Waals surface area contributed by atoms with Gasteiger partial charge in [-0.1, -0.05) is 51.1 Å². The van der Waals surface area contributed by atoms with Crippen LogP contribution < -0.4 is 4.90 Å². The highest BCUT2D eigenvalue weighted by Crippen LogP contribution is 2.39. The number of nitrogens with zero attached hydrogens (tertiary/aromatic N) is 2. The van der Waals surface area contributed by atoms with Gasteiger partial charge in [0.2, 0.25) is 5.71 Å². The highest BCUT2D eigenvalue weighted by Gasteiger charge is 2.32. The van der Waals surface area contributed by atoms with Crippen molar-refractivity contribution in [3.8, 4) is 0 Å². The molecule has 0 amide bonds. The van der Waals surface area contributed by atoms with Gasteiger partial charge in [0.05, 0.1) is 5.69 Å². The van der Waals surface area contributed by atoms with Crippen molar-refractivity contribution in [2.75, 3.05) is 4.90 Å². The molecule has 1 atom stereocenters. The number of pyridine rings is 1. The van der Waals surface area contributed by atoms with Crippen LogP contribution in [-0.2, 0) is 0 Å². The van der Waals surface area contributed by atoms with E-state index in [-0.39, 0.29) is 0 Å². The van der Waals surface area contributed by atoms with Gasteiger partial charge in [0.25, 0.3) is 0 Å². The second-order valence-corrected chi connectivity index (χ2v) is 7.80. The second kappa shape index (κ2) is 5.94. The molecule has 3 aromatic rings. The molecule has 25 heavy (non-hydrogen) atoms. The lowest BCUT2D eigenvalue weighted by Gasteiger charge is -2.27. The van der Waals surface area contributed by atoms with Gasteiger partial charge in [0.15, 0.2) is 12.3 Å². The molecule has 0 saturated carbocycles. The van der Waals surface area contributed by atoms with Crippen LogP contribution in [0.1, 0.15) is 32.0 Å². The number of fused-ring (bicyclic) bond motifs is 3. The largest absolute Gasteiger partial charge is 0.435 e. The number of anilines is 1. The van der Waals surface area contributed by atoms with E-state index in [9.17, 15) is 0 Å². The predicted octanol–water partition coefficient (Wildman–Crippen LogP) is 5.55. The first kappa shape index (κ1) is 16.3. The van der Waals surface area contributed by atoms with Crippen LogP contribution in [0.3, 0.4) is 0 Å². The number of furan rings is 1.